The maximum Gasteiger partial charge on any atom is 0.534 e. The molecule has 0 fully saturated rings. The molecule has 0 saturated carbocycles. The molecule has 0 atom stereocenters. The molecular formula is C10H15F3O3SSi. The van der Waals surface area contributed by atoms with E-state index in [0.717, 1.165) is 0 Å². The van der Waals surface area contributed by atoms with Crippen molar-refractivity contribution in [2.75, 3.05) is 0 Å². The van der Waals surface area contributed by atoms with E-state index >= 15 is 0 Å². The average molecular weight is 300 g/mol. The van der Waals surface area contributed by atoms with Crippen molar-refractivity contribution < 1.29 is 25.8 Å². The zero-order valence-electron chi connectivity index (χ0n) is 10.3. The molecule has 1 aliphatic rings. The van der Waals surface area contributed by atoms with Gasteiger partial charge in [-0.1, -0.05) is 25.7 Å². The minimum atomic E-state index is -5.58. The Morgan fingerprint density at radius 3 is 2.11 bits per heavy atom. The molecule has 0 amide bonds. The zero-order valence-corrected chi connectivity index (χ0v) is 12.2. The fourth-order valence-electron chi connectivity index (χ4n) is 1.57. The first-order chi connectivity index (χ1) is 7.95. The molecule has 8 heteroatoms. The van der Waals surface area contributed by atoms with Crippen molar-refractivity contribution in [3.63, 3.8) is 0 Å². The van der Waals surface area contributed by atoms with Crippen molar-refractivity contribution in [1.82, 2.24) is 0 Å². The van der Waals surface area contributed by atoms with Gasteiger partial charge in [-0.05, 0) is 24.1 Å². The third-order valence-electron chi connectivity index (χ3n) is 2.40. The molecule has 3 nitrogen and oxygen atoms in total. The van der Waals surface area contributed by atoms with E-state index < -0.39 is 23.7 Å². The number of alkyl halides is 3. The Hall–Kier alpha value is -0.763. The van der Waals surface area contributed by atoms with E-state index in [1.165, 1.54) is 6.08 Å². The first kappa shape index (κ1) is 15.3. The Kier molecular flexibility index (Phi) is 4.02. The number of halogens is 3. The van der Waals surface area contributed by atoms with Crippen molar-refractivity contribution in [3.05, 3.63) is 23.1 Å². The van der Waals surface area contributed by atoms with Crippen LogP contribution in [0.15, 0.2) is 23.1 Å². The van der Waals surface area contributed by atoms with Crippen LogP contribution >= 0.6 is 0 Å². The quantitative estimate of drug-likeness (QED) is 0.456. The fourth-order valence-corrected chi connectivity index (χ4v) is 3.78. The Balaban J connectivity index is 3.05. The average Bonchev–Trinajstić information content (AvgIpc) is 2.14. The third kappa shape index (κ3) is 3.38. The summed E-state index contributed by atoms with van der Waals surface area (Å²) in [5.41, 5.74) is -5.39. The van der Waals surface area contributed by atoms with Crippen molar-refractivity contribution >= 4 is 18.2 Å². The standard InChI is InChI=1S/C10H15F3O3SSi/c1-18(2,3)9-7-5-4-6-8(9)16-17(14,15)10(11,12)13/h6-7H,4-5H2,1-3H3. The first-order valence-corrected chi connectivity index (χ1v) is 10.3. The summed E-state index contributed by atoms with van der Waals surface area (Å²) in [5.74, 6) is -0.155. The van der Waals surface area contributed by atoms with E-state index in [1.54, 1.807) is 6.08 Å². The number of hydrogen-bond donors (Lipinski definition) is 0. The monoisotopic (exact) mass is 300 g/mol. The van der Waals surface area contributed by atoms with Gasteiger partial charge in [0.2, 0.25) is 0 Å². The van der Waals surface area contributed by atoms with Gasteiger partial charge in [-0.15, -0.1) is 0 Å². The van der Waals surface area contributed by atoms with Crippen LogP contribution in [0.3, 0.4) is 0 Å². The van der Waals surface area contributed by atoms with E-state index in [-0.39, 0.29) is 5.76 Å². The van der Waals surface area contributed by atoms with Crippen LogP contribution in [0.2, 0.25) is 19.6 Å². The minimum Gasteiger partial charge on any atom is -0.377 e. The predicted molar refractivity (Wildman–Crippen MR) is 64.8 cm³/mol. The highest BCUT2D eigenvalue weighted by Gasteiger charge is 2.49. The molecule has 0 unspecified atom stereocenters. The second kappa shape index (κ2) is 4.73. The molecule has 1 aliphatic carbocycles. The molecule has 0 aliphatic heterocycles. The normalized spacial score (nSPS) is 18.1. The first-order valence-electron chi connectivity index (χ1n) is 5.37. The second-order valence-electron chi connectivity index (χ2n) is 5.00. The van der Waals surface area contributed by atoms with Gasteiger partial charge in [0, 0.05) is 0 Å². The summed E-state index contributed by atoms with van der Waals surface area (Å²) < 4.78 is 63.0. The van der Waals surface area contributed by atoms with Crippen LogP contribution in [0.25, 0.3) is 0 Å². The van der Waals surface area contributed by atoms with E-state index in [4.69, 9.17) is 0 Å². The molecule has 0 spiro atoms. The topological polar surface area (TPSA) is 43.4 Å². The smallest absolute Gasteiger partial charge is 0.377 e. The van der Waals surface area contributed by atoms with Gasteiger partial charge in [-0.3, -0.25) is 0 Å². The molecule has 0 bridgehead atoms. The highest BCUT2D eigenvalue weighted by atomic mass is 32.2. The molecular weight excluding hydrogens is 285 g/mol. The van der Waals surface area contributed by atoms with Gasteiger partial charge in [0.25, 0.3) is 0 Å². The predicted octanol–water partition coefficient (Wildman–Crippen LogP) is 3.33. The maximum atomic E-state index is 12.3. The third-order valence-corrected chi connectivity index (χ3v) is 5.43. The Morgan fingerprint density at radius 1 is 1.17 bits per heavy atom. The zero-order chi connectivity index (χ0) is 14.2. The van der Waals surface area contributed by atoms with Crippen LogP contribution in [-0.2, 0) is 14.3 Å². The van der Waals surface area contributed by atoms with Gasteiger partial charge in [-0.2, -0.15) is 21.6 Å². The molecule has 0 saturated heterocycles. The summed E-state index contributed by atoms with van der Waals surface area (Å²) >= 11 is 0. The fraction of sp³-hybridized carbons (Fsp3) is 0.600. The van der Waals surface area contributed by atoms with Crippen LogP contribution in [0, 0.1) is 0 Å². The lowest BCUT2D eigenvalue weighted by Crippen LogP contribution is -2.31. The summed E-state index contributed by atoms with van der Waals surface area (Å²) in [4.78, 5) is 0. The van der Waals surface area contributed by atoms with Gasteiger partial charge in [0.05, 0.1) is 8.07 Å². The molecule has 0 aromatic heterocycles. The molecule has 1 rings (SSSR count). The van der Waals surface area contributed by atoms with Crippen LogP contribution in [0.1, 0.15) is 12.8 Å². The van der Waals surface area contributed by atoms with Crippen molar-refractivity contribution in [2.45, 2.75) is 38.0 Å². The Labute approximate surface area is 105 Å². The van der Waals surface area contributed by atoms with E-state index in [0.29, 0.717) is 18.0 Å². The van der Waals surface area contributed by atoms with Crippen LogP contribution in [-0.4, -0.2) is 22.0 Å². The van der Waals surface area contributed by atoms with Crippen molar-refractivity contribution in [2.24, 2.45) is 0 Å². The highest BCUT2D eigenvalue weighted by molar-refractivity contribution is 7.87. The molecule has 0 aromatic carbocycles. The summed E-state index contributed by atoms with van der Waals surface area (Å²) in [6.07, 6.45) is 4.36. The molecule has 0 radical (unpaired) electrons. The summed E-state index contributed by atoms with van der Waals surface area (Å²) in [5, 5.41) is 0.613. The van der Waals surface area contributed by atoms with Crippen LogP contribution in [0.5, 0.6) is 0 Å². The van der Waals surface area contributed by atoms with E-state index in [9.17, 15) is 21.6 Å². The van der Waals surface area contributed by atoms with Crippen LogP contribution in [0.4, 0.5) is 13.2 Å². The highest BCUT2D eigenvalue weighted by Crippen LogP contribution is 2.33. The van der Waals surface area contributed by atoms with E-state index in [1.807, 2.05) is 19.6 Å². The SMILES string of the molecule is C[Si](C)(C)C1=CCCC=C1OS(=O)(=O)C(F)(F)F. The van der Waals surface area contributed by atoms with Gasteiger partial charge < -0.3 is 4.18 Å². The van der Waals surface area contributed by atoms with E-state index in [2.05, 4.69) is 4.18 Å². The summed E-state index contributed by atoms with van der Waals surface area (Å²) in [6, 6.07) is 0. The van der Waals surface area contributed by atoms with Gasteiger partial charge in [-0.25, -0.2) is 0 Å². The molecule has 104 valence electrons. The van der Waals surface area contributed by atoms with Crippen molar-refractivity contribution in [1.29, 1.82) is 0 Å². The maximum absolute atomic E-state index is 12.3. The summed E-state index contributed by atoms with van der Waals surface area (Å²) in [6.45, 7) is 5.75. The van der Waals surface area contributed by atoms with Gasteiger partial charge in [0.15, 0.2) is 0 Å². The lowest BCUT2D eigenvalue weighted by atomic mass is 10.2. The van der Waals surface area contributed by atoms with Crippen LogP contribution < -0.4 is 0 Å². The summed E-state index contributed by atoms with van der Waals surface area (Å²) in [7, 11) is -7.52. The van der Waals surface area contributed by atoms with Crippen molar-refractivity contribution in [3.8, 4) is 0 Å². The Bertz CT molecular complexity index is 483. The molecule has 0 N–H and O–H groups in total. The second-order valence-corrected chi connectivity index (χ2v) is 11.6. The number of hydrogen-bond acceptors (Lipinski definition) is 3. The lowest BCUT2D eigenvalue weighted by molar-refractivity contribution is -0.0520. The minimum absolute atomic E-state index is 0.155. The molecule has 0 aromatic rings. The van der Waals surface area contributed by atoms with Gasteiger partial charge >= 0.3 is 15.6 Å². The molecule has 0 heterocycles. The number of rotatable bonds is 3. The molecule has 18 heavy (non-hydrogen) atoms. The largest absolute Gasteiger partial charge is 0.534 e. The van der Waals surface area contributed by atoms with Gasteiger partial charge in [0.1, 0.15) is 5.76 Å². The Morgan fingerprint density at radius 2 is 1.67 bits per heavy atom. The lowest BCUT2D eigenvalue weighted by Gasteiger charge is -2.25. The number of allylic oxidation sites excluding steroid dienone is 3.